The number of anilines is 1. The quantitative estimate of drug-likeness (QED) is 0.700. The summed E-state index contributed by atoms with van der Waals surface area (Å²) in [6.45, 7) is 5.05. The van der Waals surface area contributed by atoms with Crippen molar-refractivity contribution in [3.63, 3.8) is 0 Å². The molecule has 0 radical (unpaired) electrons. The first-order chi connectivity index (χ1) is 12.9. The molecular weight excluding hydrogens is 348 g/mol. The van der Waals surface area contributed by atoms with Crippen molar-refractivity contribution < 1.29 is 14.3 Å². The number of amides is 1. The van der Waals surface area contributed by atoms with Crippen LogP contribution in [0.15, 0.2) is 30.3 Å². The molecule has 27 heavy (non-hydrogen) atoms. The highest BCUT2D eigenvalue weighted by Gasteiger charge is 2.23. The van der Waals surface area contributed by atoms with Gasteiger partial charge in [0.15, 0.2) is 6.10 Å². The summed E-state index contributed by atoms with van der Waals surface area (Å²) in [5.41, 5.74) is 2.16. The molecule has 2 aromatic heterocycles. The molecule has 1 aromatic carbocycles. The number of fused-ring (bicyclic) bond motifs is 1. The van der Waals surface area contributed by atoms with Gasteiger partial charge in [-0.05, 0) is 39.0 Å². The largest absolute Gasteiger partial charge is 0.447 e. The van der Waals surface area contributed by atoms with Crippen LogP contribution in [-0.4, -0.2) is 37.6 Å². The second-order valence-electron chi connectivity index (χ2n) is 5.88. The highest BCUT2D eigenvalue weighted by molar-refractivity contribution is 5.97. The predicted octanol–water partition coefficient (Wildman–Crippen LogP) is 1.80. The maximum absolute atomic E-state index is 12.3. The van der Waals surface area contributed by atoms with Crippen molar-refractivity contribution in [2.45, 2.75) is 26.9 Å². The molecule has 136 valence electrons. The van der Waals surface area contributed by atoms with Gasteiger partial charge in [-0.3, -0.25) is 4.79 Å². The van der Waals surface area contributed by atoms with Crippen LogP contribution in [0.2, 0.25) is 0 Å². The third-order valence-electron chi connectivity index (χ3n) is 3.76. The molecule has 9 heteroatoms. The Morgan fingerprint density at radius 1 is 1.26 bits per heavy atom. The first kappa shape index (κ1) is 18.0. The molecule has 0 saturated carbocycles. The van der Waals surface area contributed by atoms with Crippen molar-refractivity contribution in [3.8, 4) is 6.07 Å². The van der Waals surface area contributed by atoms with E-state index < -0.39 is 18.0 Å². The van der Waals surface area contributed by atoms with Crippen molar-refractivity contribution in [2.75, 3.05) is 5.32 Å². The molecule has 0 spiro atoms. The van der Waals surface area contributed by atoms with Crippen LogP contribution in [0.5, 0.6) is 0 Å². The van der Waals surface area contributed by atoms with E-state index >= 15 is 0 Å². The van der Waals surface area contributed by atoms with E-state index in [1.54, 1.807) is 30.3 Å². The number of aryl methyl sites for hydroxylation is 2. The zero-order valence-corrected chi connectivity index (χ0v) is 14.9. The minimum absolute atomic E-state index is 0.187. The lowest BCUT2D eigenvalue weighted by Crippen LogP contribution is -2.30. The molecular formula is C18H16N6O3. The summed E-state index contributed by atoms with van der Waals surface area (Å²) in [5.74, 6) is -1.32. The maximum atomic E-state index is 12.3. The van der Waals surface area contributed by atoms with Crippen LogP contribution in [-0.2, 0) is 9.53 Å². The lowest BCUT2D eigenvalue weighted by molar-refractivity contribution is -0.123. The molecule has 1 N–H and O–H groups in total. The van der Waals surface area contributed by atoms with Gasteiger partial charge >= 0.3 is 5.97 Å². The van der Waals surface area contributed by atoms with E-state index in [1.165, 1.54) is 11.4 Å². The summed E-state index contributed by atoms with van der Waals surface area (Å²) >= 11 is 0. The zero-order chi connectivity index (χ0) is 19.6. The predicted molar refractivity (Wildman–Crippen MR) is 94.9 cm³/mol. The Morgan fingerprint density at radius 2 is 2.00 bits per heavy atom. The number of nitrogens with zero attached hydrogens (tertiary/aromatic N) is 5. The number of nitriles is 1. The molecule has 0 aliphatic rings. The Bertz CT molecular complexity index is 1080. The lowest BCUT2D eigenvalue weighted by Gasteiger charge is -2.13. The maximum Gasteiger partial charge on any atom is 0.379 e. The normalized spacial score (nSPS) is 11.6. The summed E-state index contributed by atoms with van der Waals surface area (Å²) in [5, 5.41) is 15.7. The Labute approximate surface area is 154 Å². The number of carbonyl (C=O) groups excluding carboxylic acids is 2. The van der Waals surface area contributed by atoms with Gasteiger partial charge in [0.05, 0.1) is 11.3 Å². The number of esters is 1. The van der Waals surface area contributed by atoms with E-state index in [2.05, 4.69) is 20.4 Å². The average Bonchev–Trinajstić information content (AvgIpc) is 3.06. The summed E-state index contributed by atoms with van der Waals surface area (Å²) in [6, 6.07) is 10.3. The van der Waals surface area contributed by atoms with Gasteiger partial charge in [0, 0.05) is 11.4 Å². The minimum atomic E-state index is -1.10. The molecule has 2 heterocycles. The van der Waals surface area contributed by atoms with Crippen molar-refractivity contribution >= 4 is 23.3 Å². The number of aromatic nitrogens is 4. The Hall–Kier alpha value is -3.80. The summed E-state index contributed by atoms with van der Waals surface area (Å²) in [4.78, 5) is 32.8. The molecule has 0 aliphatic heterocycles. The Morgan fingerprint density at radius 3 is 2.74 bits per heavy atom. The third kappa shape index (κ3) is 3.74. The highest BCUT2D eigenvalue weighted by atomic mass is 16.5. The molecule has 9 nitrogen and oxygen atoms in total. The van der Waals surface area contributed by atoms with E-state index in [1.807, 2.05) is 19.9 Å². The number of hydrogen-bond acceptors (Lipinski definition) is 7. The smallest absolute Gasteiger partial charge is 0.379 e. The Kier molecular flexibility index (Phi) is 4.81. The van der Waals surface area contributed by atoms with Crippen molar-refractivity contribution in [3.05, 3.63) is 53.1 Å². The number of carbonyl (C=O) groups is 2. The standard InChI is InChI=1S/C18H16N6O3/c1-10-8-11(2)24-18(20-10)22-15(23-24)17(26)27-12(3)16(25)21-14-7-5-4-6-13(14)9-19/h4-8,12H,1-3H3,(H,21,25)/t12-/m1/s1. The van der Waals surface area contributed by atoms with E-state index in [0.29, 0.717) is 11.3 Å². The fraction of sp³-hybridized carbons (Fsp3) is 0.222. The number of ether oxygens (including phenoxy) is 1. The van der Waals surface area contributed by atoms with Crippen LogP contribution in [0, 0.1) is 25.2 Å². The van der Waals surface area contributed by atoms with Gasteiger partial charge < -0.3 is 10.1 Å². The van der Waals surface area contributed by atoms with Gasteiger partial charge in [0.1, 0.15) is 6.07 Å². The van der Waals surface area contributed by atoms with Crippen molar-refractivity contribution in [1.82, 2.24) is 19.6 Å². The van der Waals surface area contributed by atoms with Crippen LogP contribution in [0.1, 0.15) is 34.5 Å². The number of hydrogen-bond donors (Lipinski definition) is 1. The second kappa shape index (κ2) is 7.21. The van der Waals surface area contributed by atoms with E-state index in [-0.39, 0.29) is 11.6 Å². The zero-order valence-electron chi connectivity index (χ0n) is 14.9. The second-order valence-corrected chi connectivity index (χ2v) is 5.88. The third-order valence-corrected chi connectivity index (χ3v) is 3.76. The molecule has 3 rings (SSSR count). The minimum Gasteiger partial charge on any atom is -0.447 e. The number of nitrogens with one attached hydrogen (secondary N) is 1. The van der Waals surface area contributed by atoms with Crippen LogP contribution >= 0.6 is 0 Å². The van der Waals surface area contributed by atoms with Gasteiger partial charge in [0.25, 0.3) is 17.5 Å². The first-order valence-electron chi connectivity index (χ1n) is 8.11. The van der Waals surface area contributed by atoms with Gasteiger partial charge in [0.2, 0.25) is 0 Å². The van der Waals surface area contributed by atoms with Crippen molar-refractivity contribution in [1.29, 1.82) is 5.26 Å². The van der Waals surface area contributed by atoms with Crippen LogP contribution in [0.3, 0.4) is 0 Å². The number of benzene rings is 1. The Balaban J connectivity index is 1.73. The SMILES string of the molecule is Cc1cc(C)n2nc(C(=O)O[C@H](C)C(=O)Nc3ccccc3C#N)nc2n1. The molecule has 1 atom stereocenters. The topological polar surface area (TPSA) is 122 Å². The van der Waals surface area contributed by atoms with E-state index in [0.717, 1.165) is 11.4 Å². The molecule has 3 aromatic rings. The molecule has 0 fully saturated rings. The van der Waals surface area contributed by atoms with Crippen molar-refractivity contribution in [2.24, 2.45) is 0 Å². The highest BCUT2D eigenvalue weighted by Crippen LogP contribution is 2.14. The number of rotatable bonds is 4. The summed E-state index contributed by atoms with van der Waals surface area (Å²) in [6.07, 6.45) is -1.10. The van der Waals surface area contributed by atoms with Gasteiger partial charge in [-0.25, -0.2) is 14.3 Å². The van der Waals surface area contributed by atoms with Gasteiger partial charge in [-0.1, -0.05) is 12.1 Å². The monoisotopic (exact) mass is 364 g/mol. The number of para-hydroxylation sites is 1. The fourth-order valence-corrected chi connectivity index (χ4v) is 2.44. The molecule has 0 aliphatic carbocycles. The van der Waals surface area contributed by atoms with E-state index in [9.17, 15) is 9.59 Å². The average molecular weight is 364 g/mol. The summed E-state index contributed by atoms with van der Waals surface area (Å²) in [7, 11) is 0. The van der Waals surface area contributed by atoms with Gasteiger partial charge in [-0.15, -0.1) is 5.10 Å². The molecule has 1 amide bonds. The molecule has 0 saturated heterocycles. The van der Waals surface area contributed by atoms with Crippen LogP contribution in [0.4, 0.5) is 5.69 Å². The molecule has 0 bridgehead atoms. The molecule has 0 unspecified atom stereocenters. The fourth-order valence-electron chi connectivity index (χ4n) is 2.44. The van der Waals surface area contributed by atoms with Gasteiger partial charge in [-0.2, -0.15) is 10.2 Å². The first-order valence-corrected chi connectivity index (χ1v) is 8.11. The van der Waals surface area contributed by atoms with Crippen LogP contribution < -0.4 is 5.32 Å². The lowest BCUT2D eigenvalue weighted by atomic mass is 10.2. The van der Waals surface area contributed by atoms with E-state index in [4.69, 9.17) is 10.00 Å². The summed E-state index contributed by atoms with van der Waals surface area (Å²) < 4.78 is 6.57. The van der Waals surface area contributed by atoms with Crippen LogP contribution in [0.25, 0.3) is 5.78 Å².